The van der Waals surface area contributed by atoms with Crippen LogP contribution in [0.2, 0.25) is 0 Å². The Balaban J connectivity index is 2.24. The molecule has 1 N–H and O–H groups in total. The summed E-state index contributed by atoms with van der Waals surface area (Å²) in [6.07, 6.45) is -0.665. The van der Waals surface area contributed by atoms with Crippen molar-refractivity contribution in [1.29, 1.82) is 0 Å². The number of esters is 1. The van der Waals surface area contributed by atoms with Crippen molar-refractivity contribution in [3.63, 3.8) is 0 Å². The number of carbonyl (C=O) groups excluding carboxylic acids is 1. The number of benzene rings is 1. The van der Waals surface area contributed by atoms with E-state index in [1.54, 1.807) is 19.1 Å². The molecule has 0 saturated carbocycles. The van der Waals surface area contributed by atoms with E-state index in [-0.39, 0.29) is 5.97 Å². The van der Waals surface area contributed by atoms with Crippen molar-refractivity contribution in [3.05, 3.63) is 28.2 Å². The molecule has 1 saturated heterocycles. The van der Waals surface area contributed by atoms with Crippen LogP contribution < -0.4 is 4.74 Å². The zero-order valence-corrected chi connectivity index (χ0v) is 10.9. The van der Waals surface area contributed by atoms with E-state index in [0.717, 1.165) is 4.47 Å². The summed E-state index contributed by atoms with van der Waals surface area (Å²) in [6, 6.07) is 5.33. The molecule has 1 aromatic carbocycles. The number of hydrogen-bond donors (Lipinski definition) is 1. The molecule has 4 nitrogen and oxygen atoms in total. The molecule has 0 spiro atoms. The first-order valence-electron chi connectivity index (χ1n) is 5.38. The molecule has 0 radical (unpaired) electrons. The van der Waals surface area contributed by atoms with E-state index in [1.807, 2.05) is 6.07 Å². The van der Waals surface area contributed by atoms with E-state index < -0.39 is 12.2 Å². The molecule has 5 heteroatoms. The number of cyclic esters (lactones) is 1. The van der Waals surface area contributed by atoms with Gasteiger partial charge >= 0.3 is 5.97 Å². The number of aliphatic hydroxyl groups excluding tert-OH is 1. The summed E-state index contributed by atoms with van der Waals surface area (Å²) in [7, 11) is 0. The Hall–Kier alpha value is -1.07. The van der Waals surface area contributed by atoms with Crippen LogP contribution in [-0.2, 0) is 9.53 Å². The molecule has 0 amide bonds. The second-order valence-corrected chi connectivity index (χ2v) is 4.84. The van der Waals surface area contributed by atoms with Crippen LogP contribution in [0.15, 0.2) is 22.7 Å². The minimum Gasteiger partial charge on any atom is -0.478 e. The van der Waals surface area contributed by atoms with Gasteiger partial charge in [-0.2, -0.15) is 0 Å². The van der Waals surface area contributed by atoms with Crippen LogP contribution in [0.5, 0.6) is 5.75 Å². The summed E-state index contributed by atoms with van der Waals surface area (Å²) in [5.74, 6) is 0.166. The molecule has 0 bridgehead atoms. The first kappa shape index (κ1) is 12.4. The summed E-state index contributed by atoms with van der Waals surface area (Å²) >= 11 is 3.33. The van der Waals surface area contributed by atoms with Crippen LogP contribution in [0.3, 0.4) is 0 Å². The molecule has 1 unspecified atom stereocenters. The van der Waals surface area contributed by atoms with Crippen molar-refractivity contribution in [2.45, 2.75) is 25.6 Å². The predicted octanol–water partition coefficient (Wildman–Crippen LogP) is 2.20. The number of halogens is 1. The molecule has 2 rings (SSSR count). The molecule has 1 fully saturated rings. The molecule has 1 aliphatic rings. The maximum Gasteiger partial charge on any atom is 0.347 e. The van der Waals surface area contributed by atoms with Crippen LogP contribution in [0.4, 0.5) is 0 Å². The van der Waals surface area contributed by atoms with Gasteiger partial charge in [0.15, 0.2) is 6.10 Å². The monoisotopic (exact) mass is 300 g/mol. The quantitative estimate of drug-likeness (QED) is 0.870. The fourth-order valence-electron chi connectivity index (χ4n) is 1.69. The van der Waals surface area contributed by atoms with Gasteiger partial charge < -0.3 is 14.6 Å². The highest BCUT2D eigenvalue weighted by molar-refractivity contribution is 9.10. The van der Waals surface area contributed by atoms with E-state index in [1.165, 1.54) is 0 Å². The molecule has 92 valence electrons. The normalized spacial score (nSPS) is 21.1. The van der Waals surface area contributed by atoms with Gasteiger partial charge in [0.25, 0.3) is 0 Å². The van der Waals surface area contributed by atoms with Gasteiger partial charge in [0.2, 0.25) is 0 Å². The highest BCUT2D eigenvalue weighted by Gasteiger charge is 2.29. The van der Waals surface area contributed by atoms with Crippen molar-refractivity contribution in [3.8, 4) is 5.75 Å². The lowest BCUT2D eigenvalue weighted by Crippen LogP contribution is -2.22. The summed E-state index contributed by atoms with van der Waals surface area (Å²) in [5.41, 5.74) is 0.660. The molecule has 1 heterocycles. The van der Waals surface area contributed by atoms with Crippen molar-refractivity contribution in [2.75, 3.05) is 6.61 Å². The Kier molecular flexibility index (Phi) is 3.69. The van der Waals surface area contributed by atoms with Gasteiger partial charge in [-0.25, -0.2) is 4.79 Å². The van der Waals surface area contributed by atoms with Crippen molar-refractivity contribution >= 4 is 21.9 Å². The van der Waals surface area contributed by atoms with Gasteiger partial charge in [-0.1, -0.05) is 22.0 Å². The van der Waals surface area contributed by atoms with Gasteiger partial charge in [-0.15, -0.1) is 0 Å². The molecule has 2 atom stereocenters. The van der Waals surface area contributed by atoms with E-state index in [9.17, 15) is 9.90 Å². The number of aliphatic hydroxyl groups is 1. The Morgan fingerprint density at radius 3 is 2.94 bits per heavy atom. The van der Waals surface area contributed by atoms with Crippen LogP contribution >= 0.6 is 15.9 Å². The molecule has 0 aliphatic carbocycles. The fraction of sp³-hybridized carbons (Fsp3) is 0.417. The zero-order chi connectivity index (χ0) is 12.4. The highest BCUT2D eigenvalue weighted by Crippen LogP contribution is 2.30. The Morgan fingerprint density at radius 2 is 2.35 bits per heavy atom. The molecule has 0 aromatic heterocycles. The lowest BCUT2D eigenvalue weighted by Gasteiger charge is -2.16. The van der Waals surface area contributed by atoms with Crippen LogP contribution in [0.1, 0.15) is 25.0 Å². The fourth-order valence-corrected chi connectivity index (χ4v) is 2.03. The third kappa shape index (κ3) is 2.79. The SMILES string of the molecule is C[C@H](O)c1ccc(Br)cc1OC1CCOC1=O. The molecule has 17 heavy (non-hydrogen) atoms. The zero-order valence-electron chi connectivity index (χ0n) is 9.35. The van der Waals surface area contributed by atoms with Gasteiger partial charge in [-0.05, 0) is 19.1 Å². The average molecular weight is 301 g/mol. The smallest absolute Gasteiger partial charge is 0.347 e. The summed E-state index contributed by atoms with van der Waals surface area (Å²) in [5, 5.41) is 9.62. The third-order valence-electron chi connectivity index (χ3n) is 2.58. The van der Waals surface area contributed by atoms with Gasteiger partial charge in [-0.3, -0.25) is 0 Å². The topological polar surface area (TPSA) is 55.8 Å². The average Bonchev–Trinajstić information content (AvgIpc) is 2.64. The molecule has 1 aromatic rings. The standard InChI is InChI=1S/C12H13BrO4/c1-7(14)9-3-2-8(13)6-11(9)17-10-4-5-16-12(10)15/h2-3,6-7,10,14H,4-5H2,1H3/t7-,10?/m0/s1. The first-order valence-corrected chi connectivity index (χ1v) is 6.18. The van der Waals surface area contributed by atoms with Crippen LogP contribution in [-0.4, -0.2) is 23.8 Å². The number of carbonyl (C=O) groups is 1. The van der Waals surface area contributed by atoms with E-state index in [0.29, 0.717) is 24.3 Å². The van der Waals surface area contributed by atoms with Gasteiger partial charge in [0.05, 0.1) is 12.7 Å². The van der Waals surface area contributed by atoms with E-state index in [4.69, 9.17) is 9.47 Å². The Morgan fingerprint density at radius 1 is 1.59 bits per heavy atom. The van der Waals surface area contributed by atoms with Crippen molar-refractivity contribution in [2.24, 2.45) is 0 Å². The predicted molar refractivity (Wildman–Crippen MR) is 64.8 cm³/mol. The molecule has 1 aliphatic heterocycles. The molecular weight excluding hydrogens is 288 g/mol. The van der Waals surface area contributed by atoms with Crippen molar-refractivity contribution in [1.82, 2.24) is 0 Å². The number of hydrogen-bond acceptors (Lipinski definition) is 4. The third-order valence-corrected chi connectivity index (χ3v) is 3.08. The Bertz CT molecular complexity index is 431. The lowest BCUT2D eigenvalue weighted by atomic mass is 10.1. The lowest BCUT2D eigenvalue weighted by molar-refractivity contribution is -0.143. The van der Waals surface area contributed by atoms with Crippen LogP contribution in [0.25, 0.3) is 0 Å². The maximum absolute atomic E-state index is 11.3. The van der Waals surface area contributed by atoms with E-state index in [2.05, 4.69) is 15.9 Å². The van der Waals surface area contributed by atoms with Crippen LogP contribution in [0, 0.1) is 0 Å². The first-order chi connectivity index (χ1) is 8.08. The largest absolute Gasteiger partial charge is 0.478 e. The van der Waals surface area contributed by atoms with Gasteiger partial charge in [0.1, 0.15) is 5.75 Å². The number of rotatable bonds is 3. The minimum atomic E-state index is -0.643. The van der Waals surface area contributed by atoms with Crippen molar-refractivity contribution < 1.29 is 19.4 Å². The Labute approximate surface area is 108 Å². The minimum absolute atomic E-state index is 0.346. The maximum atomic E-state index is 11.3. The molecular formula is C12H13BrO4. The second kappa shape index (κ2) is 5.06. The highest BCUT2D eigenvalue weighted by atomic mass is 79.9. The number of ether oxygens (including phenoxy) is 2. The summed E-state index contributed by atoms with van der Waals surface area (Å²) in [6.45, 7) is 2.05. The van der Waals surface area contributed by atoms with E-state index >= 15 is 0 Å². The summed E-state index contributed by atoms with van der Waals surface area (Å²) in [4.78, 5) is 11.3. The summed E-state index contributed by atoms with van der Waals surface area (Å²) < 4.78 is 11.3. The van der Waals surface area contributed by atoms with Gasteiger partial charge in [0, 0.05) is 16.5 Å². The second-order valence-electron chi connectivity index (χ2n) is 3.92.